The van der Waals surface area contributed by atoms with Gasteiger partial charge >= 0.3 is 0 Å². The number of carbonyl (C=O) groups excluding carboxylic acids is 1. The van der Waals surface area contributed by atoms with Gasteiger partial charge in [-0.2, -0.15) is 0 Å². The van der Waals surface area contributed by atoms with Gasteiger partial charge in [0.2, 0.25) is 0 Å². The Morgan fingerprint density at radius 1 is 1.14 bits per heavy atom. The van der Waals surface area contributed by atoms with Crippen molar-refractivity contribution in [2.75, 3.05) is 0 Å². The summed E-state index contributed by atoms with van der Waals surface area (Å²) in [6.07, 6.45) is 14.9. The second kappa shape index (κ2) is 4.33. The first-order chi connectivity index (χ1) is 9.94. The fourth-order valence-electron chi connectivity index (χ4n) is 6.33. The zero-order chi connectivity index (χ0) is 14.8. The first kappa shape index (κ1) is 13.8. The Kier molecular flexibility index (Phi) is 2.85. The van der Waals surface area contributed by atoms with E-state index in [1.54, 1.807) is 0 Å². The fourth-order valence-corrected chi connectivity index (χ4v) is 6.33. The molecule has 0 spiro atoms. The zero-order valence-electron chi connectivity index (χ0n) is 13.7. The maximum Gasteiger partial charge on any atom is 0.158 e. The van der Waals surface area contributed by atoms with Gasteiger partial charge in [0.15, 0.2) is 5.78 Å². The van der Waals surface area contributed by atoms with Crippen molar-refractivity contribution in [3.63, 3.8) is 0 Å². The molecule has 4 aliphatic carbocycles. The molecule has 0 saturated heterocycles. The van der Waals surface area contributed by atoms with Gasteiger partial charge < -0.3 is 0 Å². The van der Waals surface area contributed by atoms with E-state index in [0.717, 1.165) is 24.2 Å². The second-order valence-electron chi connectivity index (χ2n) is 8.76. The monoisotopic (exact) mass is 284 g/mol. The smallest absolute Gasteiger partial charge is 0.158 e. The van der Waals surface area contributed by atoms with Crippen molar-refractivity contribution in [3.05, 3.63) is 23.8 Å². The van der Waals surface area contributed by atoms with Crippen LogP contribution in [0.3, 0.4) is 0 Å². The summed E-state index contributed by atoms with van der Waals surface area (Å²) in [4.78, 5) is 12.1. The lowest BCUT2D eigenvalue weighted by Crippen LogP contribution is -2.48. The van der Waals surface area contributed by atoms with Crippen LogP contribution < -0.4 is 0 Å². The Labute approximate surface area is 128 Å². The third-order valence-corrected chi connectivity index (χ3v) is 7.60. The average molecular weight is 284 g/mol. The topological polar surface area (TPSA) is 17.1 Å². The van der Waals surface area contributed by atoms with Crippen LogP contribution in [0.2, 0.25) is 0 Å². The summed E-state index contributed by atoms with van der Waals surface area (Å²) in [7, 11) is 0. The van der Waals surface area contributed by atoms with E-state index in [1.165, 1.54) is 37.7 Å². The number of hydrogen-bond acceptors (Lipinski definition) is 1. The molecule has 0 aliphatic heterocycles. The van der Waals surface area contributed by atoms with Crippen molar-refractivity contribution in [1.29, 1.82) is 0 Å². The predicted octanol–water partition coefficient (Wildman–Crippen LogP) is 4.93. The Balaban J connectivity index is 1.76. The zero-order valence-corrected chi connectivity index (χ0v) is 13.7. The predicted molar refractivity (Wildman–Crippen MR) is 85.8 cm³/mol. The van der Waals surface area contributed by atoms with Gasteiger partial charge in [-0.1, -0.05) is 39.3 Å². The van der Waals surface area contributed by atoms with Crippen LogP contribution in [0, 0.1) is 34.5 Å². The Morgan fingerprint density at radius 2 is 1.95 bits per heavy atom. The van der Waals surface area contributed by atoms with Crippen LogP contribution in [-0.4, -0.2) is 5.78 Å². The highest BCUT2D eigenvalue weighted by atomic mass is 16.1. The largest absolute Gasteiger partial charge is 0.295 e. The fraction of sp³-hybridized carbons (Fsp3) is 0.750. The molecule has 114 valence electrons. The van der Waals surface area contributed by atoms with Gasteiger partial charge in [-0.05, 0) is 72.3 Å². The van der Waals surface area contributed by atoms with Gasteiger partial charge in [0, 0.05) is 5.92 Å². The normalized spacial score (nSPS) is 52.0. The second-order valence-corrected chi connectivity index (χ2v) is 8.76. The molecule has 0 bridgehead atoms. The molecule has 4 rings (SSSR count). The van der Waals surface area contributed by atoms with E-state index >= 15 is 0 Å². The van der Waals surface area contributed by atoms with Gasteiger partial charge in [-0.15, -0.1) is 0 Å². The lowest BCUT2D eigenvalue weighted by atomic mass is 9.49. The molecule has 1 unspecified atom stereocenters. The SMILES string of the molecule is CC1C[C@@]2(C)C(=CC1=O)C=C[C@H]1[C@@H]3CCC[C@@]3(C)CC[C@@H]12. The third-order valence-electron chi connectivity index (χ3n) is 7.60. The summed E-state index contributed by atoms with van der Waals surface area (Å²) in [5.74, 6) is 2.96. The van der Waals surface area contributed by atoms with E-state index in [-0.39, 0.29) is 11.3 Å². The number of allylic oxidation sites excluding steroid dienone is 4. The molecule has 0 heterocycles. The first-order valence-corrected chi connectivity index (χ1v) is 8.88. The molecule has 1 nitrogen and oxygen atoms in total. The standard InChI is InChI=1S/C20H28O/c1-13-12-20(3)14(11-18(13)21)6-7-15-16-5-4-9-19(16,2)10-8-17(15)20/h6-7,11,13,15-17H,4-5,8-10,12H2,1-3H3/t13?,15-,16-,17-,19-,20-/m0/s1. The van der Waals surface area contributed by atoms with E-state index in [2.05, 4.69) is 32.9 Å². The molecular formula is C20H28O. The molecule has 0 N–H and O–H groups in total. The molecule has 0 aromatic heterocycles. The minimum Gasteiger partial charge on any atom is -0.295 e. The number of rotatable bonds is 0. The van der Waals surface area contributed by atoms with Gasteiger partial charge in [0.1, 0.15) is 0 Å². The summed E-state index contributed by atoms with van der Waals surface area (Å²) in [6, 6.07) is 0. The van der Waals surface area contributed by atoms with E-state index in [4.69, 9.17) is 0 Å². The highest BCUT2D eigenvalue weighted by molar-refractivity contribution is 5.94. The molecule has 2 saturated carbocycles. The summed E-state index contributed by atoms with van der Waals surface area (Å²) in [5, 5.41) is 0. The molecule has 0 aromatic carbocycles. The molecule has 6 atom stereocenters. The summed E-state index contributed by atoms with van der Waals surface area (Å²) < 4.78 is 0. The van der Waals surface area contributed by atoms with Gasteiger partial charge in [0.05, 0.1) is 0 Å². The van der Waals surface area contributed by atoms with Crippen molar-refractivity contribution in [2.24, 2.45) is 34.5 Å². The van der Waals surface area contributed by atoms with Crippen LogP contribution in [0.15, 0.2) is 23.8 Å². The van der Waals surface area contributed by atoms with Crippen LogP contribution in [0.25, 0.3) is 0 Å². The molecule has 0 radical (unpaired) electrons. The molecule has 1 heteroatoms. The molecular weight excluding hydrogens is 256 g/mol. The van der Waals surface area contributed by atoms with Crippen LogP contribution in [0.4, 0.5) is 0 Å². The molecule has 0 amide bonds. The number of carbonyl (C=O) groups is 1. The third kappa shape index (κ3) is 1.79. The quantitative estimate of drug-likeness (QED) is 0.616. The van der Waals surface area contributed by atoms with Crippen LogP contribution >= 0.6 is 0 Å². The Bertz CT molecular complexity index is 542. The van der Waals surface area contributed by atoms with Crippen molar-refractivity contribution in [3.8, 4) is 0 Å². The van der Waals surface area contributed by atoms with Gasteiger partial charge in [0.25, 0.3) is 0 Å². The molecule has 2 fully saturated rings. The van der Waals surface area contributed by atoms with Gasteiger partial charge in [-0.25, -0.2) is 0 Å². The van der Waals surface area contributed by atoms with Crippen molar-refractivity contribution < 1.29 is 4.79 Å². The number of fused-ring (bicyclic) bond motifs is 5. The van der Waals surface area contributed by atoms with Crippen molar-refractivity contribution in [1.82, 2.24) is 0 Å². The van der Waals surface area contributed by atoms with E-state index in [1.807, 2.05) is 6.08 Å². The first-order valence-electron chi connectivity index (χ1n) is 8.88. The van der Waals surface area contributed by atoms with E-state index in [0.29, 0.717) is 11.2 Å². The Hall–Kier alpha value is -0.850. The van der Waals surface area contributed by atoms with E-state index in [9.17, 15) is 4.79 Å². The lowest BCUT2D eigenvalue weighted by molar-refractivity contribution is -0.120. The highest BCUT2D eigenvalue weighted by Crippen LogP contribution is 2.63. The highest BCUT2D eigenvalue weighted by Gasteiger charge is 2.55. The lowest BCUT2D eigenvalue weighted by Gasteiger charge is -2.55. The number of hydrogen-bond donors (Lipinski definition) is 0. The van der Waals surface area contributed by atoms with Crippen molar-refractivity contribution >= 4 is 5.78 Å². The summed E-state index contributed by atoms with van der Waals surface area (Å²) in [5.41, 5.74) is 2.17. The minimum atomic E-state index is 0.211. The van der Waals surface area contributed by atoms with Crippen LogP contribution in [0.1, 0.15) is 59.3 Å². The Morgan fingerprint density at radius 3 is 2.76 bits per heavy atom. The summed E-state index contributed by atoms with van der Waals surface area (Å²) >= 11 is 0. The minimum absolute atomic E-state index is 0.211. The van der Waals surface area contributed by atoms with E-state index < -0.39 is 0 Å². The maximum atomic E-state index is 12.1. The summed E-state index contributed by atoms with van der Waals surface area (Å²) in [6.45, 7) is 7.10. The molecule has 21 heavy (non-hydrogen) atoms. The average Bonchev–Trinajstić information content (AvgIpc) is 2.82. The number of ketones is 1. The van der Waals surface area contributed by atoms with Crippen molar-refractivity contribution in [2.45, 2.75) is 59.3 Å². The molecule has 0 aromatic rings. The van der Waals surface area contributed by atoms with Crippen LogP contribution in [0.5, 0.6) is 0 Å². The maximum absolute atomic E-state index is 12.1. The van der Waals surface area contributed by atoms with Gasteiger partial charge in [-0.3, -0.25) is 4.79 Å². The molecule has 4 aliphatic rings. The van der Waals surface area contributed by atoms with Crippen LogP contribution in [-0.2, 0) is 4.79 Å².